The van der Waals surface area contributed by atoms with Crippen LogP contribution in [-0.2, 0) is 20.2 Å². The third kappa shape index (κ3) is 4.72. The zero-order valence-electron chi connectivity index (χ0n) is 16.7. The number of hydrogen-bond acceptors (Lipinski definition) is 4. The van der Waals surface area contributed by atoms with Gasteiger partial charge in [0.15, 0.2) is 0 Å². The minimum atomic E-state index is -0.166. The average molecular weight is 398 g/mol. The first-order valence-electron chi connectivity index (χ1n) is 9.67. The van der Waals surface area contributed by atoms with E-state index in [1.54, 1.807) is 29.2 Å². The van der Waals surface area contributed by atoms with Gasteiger partial charge in [0.05, 0.1) is 11.9 Å². The molecule has 2 heterocycles. The standard InChI is InChI=1S/C24H22N4O2/c1-28-16-21(15-27-28)23-20(10-6-12-25-23)14-26-24(29)19-9-5-11-22(13-19)30-17-18-7-3-2-4-8-18/h2-13,15-16H,14,17H2,1H3,(H,26,29). The van der Waals surface area contributed by atoms with E-state index in [9.17, 15) is 4.79 Å². The normalized spacial score (nSPS) is 10.6. The summed E-state index contributed by atoms with van der Waals surface area (Å²) in [5.41, 5.74) is 4.28. The second-order valence-electron chi connectivity index (χ2n) is 6.90. The summed E-state index contributed by atoms with van der Waals surface area (Å²) in [5, 5.41) is 7.17. The monoisotopic (exact) mass is 398 g/mol. The first-order valence-corrected chi connectivity index (χ1v) is 9.67. The van der Waals surface area contributed by atoms with Gasteiger partial charge >= 0.3 is 0 Å². The minimum Gasteiger partial charge on any atom is -0.489 e. The largest absolute Gasteiger partial charge is 0.489 e. The minimum absolute atomic E-state index is 0.166. The Morgan fingerprint density at radius 3 is 2.73 bits per heavy atom. The molecular formula is C24H22N4O2. The summed E-state index contributed by atoms with van der Waals surface area (Å²) in [6, 6.07) is 20.9. The number of ether oxygens (including phenoxy) is 1. The van der Waals surface area contributed by atoms with E-state index in [2.05, 4.69) is 15.4 Å². The maximum Gasteiger partial charge on any atom is 0.251 e. The van der Waals surface area contributed by atoms with Crippen LogP contribution in [0.3, 0.4) is 0 Å². The van der Waals surface area contributed by atoms with E-state index in [-0.39, 0.29) is 5.91 Å². The summed E-state index contributed by atoms with van der Waals surface area (Å²) in [7, 11) is 1.86. The van der Waals surface area contributed by atoms with Gasteiger partial charge in [0.1, 0.15) is 12.4 Å². The maximum absolute atomic E-state index is 12.7. The fraction of sp³-hybridized carbons (Fsp3) is 0.125. The van der Waals surface area contributed by atoms with Gasteiger partial charge in [-0.2, -0.15) is 5.10 Å². The molecule has 0 bridgehead atoms. The first-order chi connectivity index (χ1) is 14.7. The van der Waals surface area contributed by atoms with Crippen molar-refractivity contribution in [3.05, 3.63) is 102 Å². The van der Waals surface area contributed by atoms with Crippen LogP contribution in [0.25, 0.3) is 11.3 Å². The second kappa shape index (κ2) is 9.05. The summed E-state index contributed by atoms with van der Waals surface area (Å²) >= 11 is 0. The summed E-state index contributed by atoms with van der Waals surface area (Å²) in [4.78, 5) is 17.1. The van der Waals surface area contributed by atoms with Crippen LogP contribution in [0.5, 0.6) is 5.75 Å². The van der Waals surface area contributed by atoms with Crippen molar-refractivity contribution in [3.63, 3.8) is 0 Å². The van der Waals surface area contributed by atoms with Crippen LogP contribution in [0.4, 0.5) is 0 Å². The van der Waals surface area contributed by atoms with Crippen LogP contribution in [0.15, 0.2) is 85.3 Å². The van der Waals surface area contributed by atoms with E-state index in [4.69, 9.17) is 4.74 Å². The highest BCUT2D eigenvalue weighted by atomic mass is 16.5. The van der Waals surface area contributed by atoms with Gasteiger partial charge in [-0.3, -0.25) is 14.5 Å². The third-order valence-corrected chi connectivity index (χ3v) is 4.65. The van der Waals surface area contributed by atoms with Crippen molar-refractivity contribution in [1.82, 2.24) is 20.1 Å². The van der Waals surface area contributed by atoms with E-state index in [1.165, 1.54) is 0 Å². The van der Waals surface area contributed by atoms with Crippen LogP contribution in [0, 0.1) is 0 Å². The SMILES string of the molecule is Cn1cc(-c2ncccc2CNC(=O)c2cccc(OCc3ccccc3)c2)cn1. The number of carbonyl (C=O) groups excluding carboxylic acids is 1. The second-order valence-corrected chi connectivity index (χ2v) is 6.90. The van der Waals surface area contributed by atoms with Gasteiger partial charge in [-0.05, 0) is 35.4 Å². The molecule has 6 nitrogen and oxygen atoms in total. The molecule has 0 saturated heterocycles. The Balaban J connectivity index is 1.41. The van der Waals surface area contributed by atoms with E-state index in [1.807, 2.05) is 67.8 Å². The van der Waals surface area contributed by atoms with E-state index in [0.29, 0.717) is 24.5 Å². The van der Waals surface area contributed by atoms with Crippen LogP contribution in [-0.4, -0.2) is 20.7 Å². The molecule has 0 atom stereocenters. The van der Waals surface area contributed by atoms with Gasteiger partial charge in [0, 0.05) is 37.1 Å². The zero-order valence-corrected chi connectivity index (χ0v) is 16.7. The summed E-state index contributed by atoms with van der Waals surface area (Å²) in [5.74, 6) is 0.491. The molecule has 150 valence electrons. The number of benzene rings is 2. The highest BCUT2D eigenvalue weighted by molar-refractivity contribution is 5.94. The molecule has 0 unspecified atom stereocenters. The van der Waals surface area contributed by atoms with Crippen LogP contribution < -0.4 is 10.1 Å². The molecule has 30 heavy (non-hydrogen) atoms. The third-order valence-electron chi connectivity index (χ3n) is 4.65. The topological polar surface area (TPSA) is 69.0 Å². The molecule has 0 saturated carbocycles. The highest BCUT2D eigenvalue weighted by Gasteiger charge is 2.11. The Morgan fingerprint density at radius 2 is 1.93 bits per heavy atom. The van der Waals surface area contributed by atoms with Crippen LogP contribution in [0.1, 0.15) is 21.5 Å². The number of aromatic nitrogens is 3. The molecule has 2 aromatic carbocycles. The zero-order chi connectivity index (χ0) is 20.8. The lowest BCUT2D eigenvalue weighted by Crippen LogP contribution is -2.23. The average Bonchev–Trinajstić information content (AvgIpc) is 3.23. The van der Waals surface area contributed by atoms with Crippen molar-refractivity contribution >= 4 is 5.91 Å². The molecule has 0 radical (unpaired) electrons. The lowest BCUT2D eigenvalue weighted by molar-refractivity contribution is 0.0950. The van der Waals surface area contributed by atoms with Crippen LogP contribution in [0.2, 0.25) is 0 Å². The number of pyridine rings is 1. The number of amides is 1. The molecule has 0 fully saturated rings. The van der Waals surface area contributed by atoms with Gasteiger partial charge in [0.25, 0.3) is 5.91 Å². The predicted octanol–water partition coefficient (Wildman–Crippen LogP) is 3.99. The Bertz CT molecular complexity index is 1140. The van der Waals surface area contributed by atoms with Crippen molar-refractivity contribution < 1.29 is 9.53 Å². The summed E-state index contributed by atoms with van der Waals surface area (Å²) < 4.78 is 7.56. The molecular weight excluding hydrogens is 376 g/mol. The predicted molar refractivity (Wildman–Crippen MR) is 115 cm³/mol. The molecule has 0 aliphatic rings. The molecule has 0 aliphatic carbocycles. The van der Waals surface area contributed by atoms with Gasteiger partial charge in [-0.1, -0.05) is 42.5 Å². The molecule has 0 aliphatic heterocycles. The lowest BCUT2D eigenvalue weighted by Gasteiger charge is -2.10. The smallest absolute Gasteiger partial charge is 0.251 e. The van der Waals surface area contributed by atoms with Gasteiger partial charge in [-0.15, -0.1) is 0 Å². The van der Waals surface area contributed by atoms with Crippen molar-refractivity contribution in [3.8, 4) is 17.0 Å². The number of carbonyl (C=O) groups is 1. The molecule has 6 heteroatoms. The van der Waals surface area contributed by atoms with Crippen LogP contribution >= 0.6 is 0 Å². The van der Waals surface area contributed by atoms with Crippen molar-refractivity contribution in [2.75, 3.05) is 0 Å². The quantitative estimate of drug-likeness (QED) is 0.511. The fourth-order valence-electron chi connectivity index (χ4n) is 3.13. The van der Waals surface area contributed by atoms with Crippen molar-refractivity contribution in [2.45, 2.75) is 13.2 Å². The summed E-state index contributed by atoms with van der Waals surface area (Å²) in [6.07, 6.45) is 5.41. The number of aryl methyl sites for hydroxylation is 1. The molecule has 1 amide bonds. The van der Waals surface area contributed by atoms with E-state index < -0.39 is 0 Å². The fourth-order valence-corrected chi connectivity index (χ4v) is 3.13. The molecule has 2 aromatic heterocycles. The van der Waals surface area contributed by atoms with Crippen molar-refractivity contribution in [2.24, 2.45) is 7.05 Å². The highest BCUT2D eigenvalue weighted by Crippen LogP contribution is 2.20. The summed E-state index contributed by atoms with van der Waals surface area (Å²) in [6.45, 7) is 0.821. The van der Waals surface area contributed by atoms with Crippen molar-refractivity contribution in [1.29, 1.82) is 0 Å². The first kappa shape index (κ1) is 19.4. The van der Waals surface area contributed by atoms with Gasteiger partial charge in [-0.25, -0.2) is 0 Å². The van der Waals surface area contributed by atoms with E-state index >= 15 is 0 Å². The number of hydrogen-bond donors (Lipinski definition) is 1. The molecule has 4 aromatic rings. The Morgan fingerprint density at radius 1 is 1.07 bits per heavy atom. The lowest BCUT2D eigenvalue weighted by atomic mass is 10.1. The Kier molecular flexibility index (Phi) is 5.85. The number of nitrogens with zero attached hydrogens (tertiary/aromatic N) is 3. The maximum atomic E-state index is 12.7. The van der Waals surface area contributed by atoms with Gasteiger partial charge in [0.2, 0.25) is 0 Å². The molecule has 1 N–H and O–H groups in total. The Hall–Kier alpha value is -3.93. The molecule has 0 spiro atoms. The van der Waals surface area contributed by atoms with Gasteiger partial charge < -0.3 is 10.1 Å². The Labute approximate surface area is 175 Å². The number of nitrogens with one attached hydrogen (secondary N) is 1. The number of rotatable bonds is 7. The molecule has 4 rings (SSSR count). The van der Waals surface area contributed by atoms with E-state index in [0.717, 1.165) is 22.4 Å².